The summed E-state index contributed by atoms with van der Waals surface area (Å²) in [6, 6.07) is 30.9. The van der Waals surface area contributed by atoms with Gasteiger partial charge in [-0.15, -0.1) is 11.8 Å². The average molecular weight is 578 g/mol. The number of hydrogen-bond acceptors (Lipinski definition) is 7. The van der Waals surface area contributed by atoms with E-state index in [1.54, 1.807) is 61.3 Å². The van der Waals surface area contributed by atoms with Crippen LogP contribution in [0.25, 0.3) is 0 Å². The zero-order chi connectivity index (χ0) is 28.0. The molecule has 0 amide bonds. The van der Waals surface area contributed by atoms with Gasteiger partial charge in [0, 0.05) is 28.3 Å². The number of aliphatic hydroxyl groups excluding tert-OH is 1. The summed E-state index contributed by atoms with van der Waals surface area (Å²) in [6.45, 7) is -0.0178. The van der Waals surface area contributed by atoms with Gasteiger partial charge in [0.05, 0.1) is 30.8 Å². The quantitative estimate of drug-likeness (QED) is 0.213. The molecule has 0 saturated carbocycles. The van der Waals surface area contributed by atoms with Gasteiger partial charge in [-0.25, -0.2) is 8.42 Å². The van der Waals surface area contributed by atoms with Crippen LogP contribution < -0.4 is 9.46 Å². The second-order valence-electron chi connectivity index (χ2n) is 9.35. The molecule has 0 aliphatic carbocycles. The Kier molecular flexibility index (Phi) is 9.08. The molecule has 3 unspecified atom stereocenters. The SMILES string of the molecule is COc1ccccc1SCC1CC(c2ccc(CO)cc2)OC(c2ccc(NS(=O)(=O)c3ccccc3)cc2)O1. The maximum atomic E-state index is 12.7. The van der Waals surface area contributed by atoms with Crippen molar-refractivity contribution in [2.24, 2.45) is 0 Å². The summed E-state index contributed by atoms with van der Waals surface area (Å²) >= 11 is 1.67. The molecule has 0 aromatic heterocycles. The lowest BCUT2D eigenvalue weighted by molar-refractivity contribution is -0.245. The molecule has 1 aliphatic heterocycles. The molecular formula is C31H31NO6S2. The van der Waals surface area contributed by atoms with Crippen molar-refractivity contribution in [1.29, 1.82) is 0 Å². The second-order valence-corrected chi connectivity index (χ2v) is 12.1. The minimum Gasteiger partial charge on any atom is -0.496 e. The van der Waals surface area contributed by atoms with Gasteiger partial charge < -0.3 is 19.3 Å². The average Bonchev–Trinajstić information content (AvgIpc) is 3.00. The lowest BCUT2D eigenvalue weighted by atomic mass is 10.0. The van der Waals surface area contributed by atoms with Crippen molar-refractivity contribution >= 4 is 27.5 Å². The summed E-state index contributed by atoms with van der Waals surface area (Å²) in [5.41, 5.74) is 3.07. The predicted molar refractivity (Wildman–Crippen MR) is 156 cm³/mol. The molecule has 208 valence electrons. The number of aliphatic hydroxyl groups is 1. The van der Waals surface area contributed by atoms with E-state index in [9.17, 15) is 13.5 Å². The fourth-order valence-corrected chi connectivity index (χ4v) is 6.59. The van der Waals surface area contributed by atoms with Crippen LogP contribution in [0.1, 0.15) is 35.5 Å². The first-order valence-electron chi connectivity index (χ1n) is 12.9. The molecule has 3 atom stereocenters. The molecule has 0 radical (unpaired) electrons. The first kappa shape index (κ1) is 28.2. The van der Waals surface area contributed by atoms with E-state index in [4.69, 9.17) is 14.2 Å². The van der Waals surface area contributed by atoms with Crippen molar-refractivity contribution in [3.63, 3.8) is 0 Å². The smallest absolute Gasteiger partial charge is 0.261 e. The Morgan fingerprint density at radius 3 is 2.25 bits per heavy atom. The van der Waals surface area contributed by atoms with E-state index in [-0.39, 0.29) is 23.7 Å². The summed E-state index contributed by atoms with van der Waals surface area (Å²) in [7, 11) is -2.03. The van der Waals surface area contributed by atoms with E-state index in [1.165, 1.54) is 0 Å². The Balaban J connectivity index is 1.34. The van der Waals surface area contributed by atoms with Crippen LogP contribution in [0, 0.1) is 0 Å². The molecule has 5 rings (SSSR count). The number of nitrogens with one attached hydrogen (secondary N) is 1. The fraction of sp³-hybridized carbons (Fsp3) is 0.226. The Morgan fingerprint density at radius 2 is 1.55 bits per heavy atom. The molecule has 1 fully saturated rings. The van der Waals surface area contributed by atoms with Crippen molar-refractivity contribution < 1.29 is 27.7 Å². The van der Waals surface area contributed by atoms with E-state index < -0.39 is 16.3 Å². The molecule has 4 aromatic rings. The van der Waals surface area contributed by atoms with Gasteiger partial charge in [0.2, 0.25) is 0 Å². The highest BCUT2D eigenvalue weighted by atomic mass is 32.2. The van der Waals surface area contributed by atoms with E-state index in [2.05, 4.69) is 4.72 Å². The monoisotopic (exact) mass is 577 g/mol. The number of methoxy groups -OCH3 is 1. The summed E-state index contributed by atoms with van der Waals surface area (Å²) in [5.74, 6) is 1.52. The van der Waals surface area contributed by atoms with Gasteiger partial charge in [0.1, 0.15) is 5.75 Å². The molecule has 9 heteroatoms. The standard InChI is InChI=1S/C31H31NO6S2/c1-36-28-9-5-6-10-30(28)39-21-26-19-29(23-13-11-22(20-33)12-14-23)38-31(37-26)24-15-17-25(18-16-24)32-40(34,35)27-7-3-2-4-8-27/h2-18,26,29,31-33H,19-21H2,1H3. The number of ether oxygens (including phenoxy) is 3. The molecule has 0 bridgehead atoms. The van der Waals surface area contributed by atoms with Crippen LogP contribution >= 0.6 is 11.8 Å². The first-order valence-corrected chi connectivity index (χ1v) is 15.4. The van der Waals surface area contributed by atoms with Gasteiger partial charge in [-0.3, -0.25) is 4.72 Å². The predicted octanol–water partition coefficient (Wildman–Crippen LogP) is 6.33. The second kappa shape index (κ2) is 12.9. The molecule has 2 N–H and O–H groups in total. The highest BCUT2D eigenvalue weighted by Crippen LogP contribution is 2.40. The number of para-hydroxylation sites is 1. The Labute approximate surface area is 239 Å². The third kappa shape index (κ3) is 6.86. The van der Waals surface area contributed by atoms with Crippen LogP contribution in [-0.4, -0.2) is 32.5 Å². The van der Waals surface area contributed by atoms with Gasteiger partial charge >= 0.3 is 0 Å². The van der Waals surface area contributed by atoms with Crippen LogP contribution in [0.3, 0.4) is 0 Å². The Morgan fingerprint density at radius 1 is 0.875 bits per heavy atom. The number of thioether (sulfide) groups is 1. The summed E-state index contributed by atoms with van der Waals surface area (Å²) in [5, 5.41) is 9.44. The number of benzene rings is 4. The van der Waals surface area contributed by atoms with Crippen molar-refractivity contribution in [1.82, 2.24) is 0 Å². The van der Waals surface area contributed by atoms with Crippen molar-refractivity contribution in [3.8, 4) is 5.75 Å². The van der Waals surface area contributed by atoms with Gasteiger partial charge in [-0.05, 0) is 47.5 Å². The molecule has 40 heavy (non-hydrogen) atoms. The van der Waals surface area contributed by atoms with Crippen LogP contribution in [0.4, 0.5) is 5.69 Å². The van der Waals surface area contributed by atoms with Crippen LogP contribution in [0.2, 0.25) is 0 Å². The third-order valence-corrected chi connectivity index (χ3v) is 9.18. The molecule has 4 aromatic carbocycles. The zero-order valence-corrected chi connectivity index (χ0v) is 23.6. The molecule has 1 saturated heterocycles. The van der Waals surface area contributed by atoms with Gasteiger partial charge in [-0.1, -0.05) is 66.7 Å². The third-order valence-electron chi connectivity index (χ3n) is 6.60. The number of rotatable bonds is 10. The van der Waals surface area contributed by atoms with E-state index in [0.29, 0.717) is 17.9 Å². The lowest BCUT2D eigenvalue weighted by Crippen LogP contribution is -2.31. The molecular weight excluding hydrogens is 546 g/mol. The van der Waals surface area contributed by atoms with Crippen LogP contribution in [0.15, 0.2) is 113 Å². The summed E-state index contributed by atoms with van der Waals surface area (Å²) in [6.07, 6.45) is -0.315. The number of sulfonamides is 1. The maximum absolute atomic E-state index is 12.7. The number of anilines is 1. The highest BCUT2D eigenvalue weighted by molar-refractivity contribution is 7.99. The Bertz CT molecular complexity index is 1500. The summed E-state index contributed by atoms with van der Waals surface area (Å²) < 4.78 is 46.4. The van der Waals surface area contributed by atoms with Crippen LogP contribution in [-0.2, 0) is 26.1 Å². The molecule has 7 nitrogen and oxygen atoms in total. The lowest BCUT2D eigenvalue weighted by Gasteiger charge is -2.36. The minimum absolute atomic E-state index is 0.0178. The molecule has 1 aliphatic rings. The van der Waals surface area contributed by atoms with Crippen molar-refractivity contribution in [2.75, 3.05) is 17.6 Å². The van der Waals surface area contributed by atoms with Crippen molar-refractivity contribution in [2.45, 2.75) is 41.3 Å². The van der Waals surface area contributed by atoms with Crippen LogP contribution in [0.5, 0.6) is 5.75 Å². The highest BCUT2D eigenvalue weighted by Gasteiger charge is 2.32. The van der Waals surface area contributed by atoms with Gasteiger partial charge in [0.25, 0.3) is 10.0 Å². The van der Waals surface area contributed by atoms with Gasteiger partial charge in [0.15, 0.2) is 6.29 Å². The molecule has 0 spiro atoms. The van der Waals surface area contributed by atoms with E-state index in [1.807, 2.05) is 60.7 Å². The normalized spacial score (nSPS) is 19.2. The largest absolute Gasteiger partial charge is 0.496 e. The van der Waals surface area contributed by atoms with Crippen molar-refractivity contribution in [3.05, 3.63) is 120 Å². The fourth-order valence-electron chi connectivity index (χ4n) is 4.47. The Hall–Kier alpha value is -3.34. The topological polar surface area (TPSA) is 94.1 Å². The van der Waals surface area contributed by atoms with E-state index >= 15 is 0 Å². The van der Waals surface area contributed by atoms with Gasteiger partial charge in [-0.2, -0.15) is 0 Å². The molecule has 1 heterocycles. The minimum atomic E-state index is -3.69. The zero-order valence-electron chi connectivity index (χ0n) is 22.0. The first-order chi connectivity index (χ1) is 19.4. The summed E-state index contributed by atoms with van der Waals surface area (Å²) in [4.78, 5) is 1.24. The number of hydrogen-bond donors (Lipinski definition) is 2. The van der Waals surface area contributed by atoms with E-state index in [0.717, 1.165) is 27.3 Å². The maximum Gasteiger partial charge on any atom is 0.261 e.